The Morgan fingerprint density at radius 1 is 1.12 bits per heavy atom. The number of aliphatic hydroxyl groups is 1. The maximum atomic E-state index is 12.4. The zero-order valence-electron chi connectivity index (χ0n) is 12.9. The van der Waals surface area contributed by atoms with E-state index in [1.807, 2.05) is 0 Å². The van der Waals surface area contributed by atoms with Crippen LogP contribution in [-0.2, 0) is 6.54 Å². The molecule has 1 atom stereocenters. The van der Waals surface area contributed by atoms with Crippen LogP contribution in [0.3, 0.4) is 0 Å². The van der Waals surface area contributed by atoms with Crippen LogP contribution in [-0.4, -0.2) is 27.4 Å². The number of ether oxygens (including phenoxy) is 1. The van der Waals surface area contributed by atoms with Gasteiger partial charge in [0.1, 0.15) is 23.5 Å². The number of aromatic amines is 1. The molecule has 130 valence electrons. The molecular formula is C17H14Cl2N2O4. The molecule has 0 spiro atoms. The van der Waals surface area contributed by atoms with Gasteiger partial charge in [0.25, 0.3) is 5.56 Å². The highest BCUT2D eigenvalue weighted by atomic mass is 35.5. The molecule has 3 rings (SSSR count). The Bertz CT molecular complexity index is 1030. The van der Waals surface area contributed by atoms with Crippen LogP contribution in [0.1, 0.15) is 0 Å². The van der Waals surface area contributed by atoms with Crippen LogP contribution >= 0.6 is 23.2 Å². The Kier molecular flexibility index (Phi) is 5.13. The van der Waals surface area contributed by atoms with Crippen molar-refractivity contribution >= 4 is 34.1 Å². The van der Waals surface area contributed by atoms with Gasteiger partial charge in [-0.15, -0.1) is 0 Å². The van der Waals surface area contributed by atoms with Crippen LogP contribution in [0.5, 0.6) is 5.75 Å². The minimum Gasteiger partial charge on any atom is -0.489 e. The Balaban J connectivity index is 1.78. The number of hydrogen-bond donors (Lipinski definition) is 2. The van der Waals surface area contributed by atoms with Gasteiger partial charge < -0.3 is 14.8 Å². The van der Waals surface area contributed by atoms with E-state index in [9.17, 15) is 14.7 Å². The second-order valence-electron chi connectivity index (χ2n) is 5.41. The van der Waals surface area contributed by atoms with Crippen molar-refractivity contribution in [3.8, 4) is 5.75 Å². The minimum absolute atomic E-state index is 0.154. The maximum Gasteiger partial charge on any atom is 0.328 e. The Morgan fingerprint density at radius 3 is 2.68 bits per heavy atom. The number of aromatic nitrogens is 2. The molecule has 0 bridgehead atoms. The van der Waals surface area contributed by atoms with Crippen molar-refractivity contribution in [1.82, 2.24) is 9.55 Å². The fourth-order valence-corrected chi connectivity index (χ4v) is 2.76. The van der Waals surface area contributed by atoms with E-state index in [4.69, 9.17) is 27.9 Å². The highest BCUT2D eigenvalue weighted by Gasteiger charge is 2.14. The molecule has 0 saturated heterocycles. The van der Waals surface area contributed by atoms with Gasteiger partial charge in [-0.05, 0) is 24.3 Å². The number of H-pyrrole nitrogens is 1. The van der Waals surface area contributed by atoms with Gasteiger partial charge in [0.05, 0.1) is 22.5 Å². The summed E-state index contributed by atoms with van der Waals surface area (Å²) < 4.78 is 6.37. The van der Waals surface area contributed by atoms with Crippen molar-refractivity contribution in [1.29, 1.82) is 0 Å². The molecule has 0 aliphatic carbocycles. The molecule has 0 saturated carbocycles. The van der Waals surface area contributed by atoms with Gasteiger partial charge in [0.15, 0.2) is 0 Å². The number of aliphatic hydroxyl groups excluding tert-OH is 1. The summed E-state index contributed by atoms with van der Waals surface area (Å²) in [6.07, 6.45) is -1.09. The molecule has 8 heteroatoms. The molecule has 0 aliphatic rings. The third kappa shape index (κ3) is 3.71. The van der Waals surface area contributed by atoms with Crippen LogP contribution in [0.15, 0.2) is 52.1 Å². The van der Waals surface area contributed by atoms with E-state index in [1.165, 1.54) is 0 Å². The van der Waals surface area contributed by atoms with Crippen molar-refractivity contribution < 1.29 is 9.84 Å². The molecule has 0 unspecified atom stereocenters. The third-order valence-electron chi connectivity index (χ3n) is 3.63. The Morgan fingerprint density at radius 2 is 1.88 bits per heavy atom. The second-order valence-corrected chi connectivity index (χ2v) is 6.19. The average Bonchev–Trinajstić information content (AvgIpc) is 2.60. The summed E-state index contributed by atoms with van der Waals surface area (Å²) in [6, 6.07) is 11.6. The molecular weight excluding hydrogens is 367 g/mol. The number of rotatable bonds is 5. The van der Waals surface area contributed by atoms with Gasteiger partial charge >= 0.3 is 5.69 Å². The fraction of sp³-hybridized carbons (Fsp3) is 0.176. The minimum atomic E-state index is -1.09. The zero-order chi connectivity index (χ0) is 18.0. The summed E-state index contributed by atoms with van der Waals surface area (Å²) in [5, 5.41) is 11.1. The van der Waals surface area contributed by atoms with Crippen LogP contribution < -0.4 is 16.0 Å². The molecule has 3 aromatic rings. The quantitative estimate of drug-likeness (QED) is 0.711. The number of benzene rings is 2. The number of halogens is 2. The molecule has 2 N–H and O–H groups in total. The topological polar surface area (TPSA) is 84.3 Å². The van der Waals surface area contributed by atoms with E-state index < -0.39 is 17.4 Å². The molecule has 0 radical (unpaired) electrons. The predicted octanol–water partition coefficient (Wildman–Crippen LogP) is 2.44. The van der Waals surface area contributed by atoms with Crippen molar-refractivity contribution in [2.24, 2.45) is 0 Å². The normalized spacial score (nSPS) is 12.3. The van der Waals surface area contributed by atoms with E-state index in [-0.39, 0.29) is 18.2 Å². The maximum absolute atomic E-state index is 12.4. The number of hydrogen-bond acceptors (Lipinski definition) is 4. The van der Waals surface area contributed by atoms with Gasteiger partial charge in [0.2, 0.25) is 0 Å². The average molecular weight is 381 g/mol. The highest BCUT2D eigenvalue weighted by Crippen LogP contribution is 2.31. The first-order valence-electron chi connectivity index (χ1n) is 7.44. The first kappa shape index (κ1) is 17.5. The molecule has 1 heterocycles. The van der Waals surface area contributed by atoms with Crippen LogP contribution in [0, 0.1) is 0 Å². The summed E-state index contributed by atoms with van der Waals surface area (Å²) in [4.78, 5) is 27.1. The number of para-hydroxylation sites is 1. The SMILES string of the molecule is O=c1[nH]c2ccccc2c(=O)n1C[C@@H](O)COc1cccc(Cl)c1Cl. The summed E-state index contributed by atoms with van der Waals surface area (Å²) in [5.41, 5.74) is -0.618. The number of nitrogens with one attached hydrogen (secondary N) is 1. The van der Waals surface area contributed by atoms with Gasteiger partial charge in [-0.3, -0.25) is 9.36 Å². The standard InChI is InChI=1S/C17H14Cl2N2O4/c18-12-5-3-7-14(15(12)19)25-9-10(22)8-21-16(23)11-4-1-2-6-13(11)20-17(21)24/h1-7,10,22H,8-9H2,(H,20,24)/t10-/m1/s1. The van der Waals surface area contributed by atoms with Gasteiger partial charge in [-0.2, -0.15) is 0 Å². The second kappa shape index (κ2) is 7.31. The first-order valence-corrected chi connectivity index (χ1v) is 8.19. The summed E-state index contributed by atoms with van der Waals surface area (Å²) >= 11 is 11.9. The molecule has 6 nitrogen and oxygen atoms in total. The summed E-state index contributed by atoms with van der Waals surface area (Å²) in [7, 11) is 0. The van der Waals surface area contributed by atoms with E-state index in [0.29, 0.717) is 21.7 Å². The summed E-state index contributed by atoms with van der Waals surface area (Å²) in [6.45, 7) is -0.365. The van der Waals surface area contributed by atoms with E-state index in [1.54, 1.807) is 42.5 Å². The van der Waals surface area contributed by atoms with Crippen LogP contribution in [0.2, 0.25) is 10.0 Å². The van der Waals surface area contributed by atoms with Gasteiger partial charge in [-0.25, -0.2) is 4.79 Å². The molecule has 0 amide bonds. The Hall–Kier alpha value is -2.28. The fourth-order valence-electron chi connectivity index (χ4n) is 2.41. The van der Waals surface area contributed by atoms with Gasteiger partial charge in [-0.1, -0.05) is 41.4 Å². The first-order chi connectivity index (χ1) is 12.0. The Labute approximate surface area is 152 Å². The monoisotopic (exact) mass is 380 g/mol. The molecule has 25 heavy (non-hydrogen) atoms. The van der Waals surface area contributed by atoms with E-state index in [0.717, 1.165) is 4.57 Å². The van der Waals surface area contributed by atoms with Crippen molar-refractivity contribution in [2.75, 3.05) is 6.61 Å². The highest BCUT2D eigenvalue weighted by molar-refractivity contribution is 6.42. The molecule has 2 aromatic carbocycles. The van der Waals surface area contributed by atoms with Crippen molar-refractivity contribution in [3.05, 3.63) is 73.3 Å². The lowest BCUT2D eigenvalue weighted by Gasteiger charge is -2.14. The van der Waals surface area contributed by atoms with Crippen molar-refractivity contribution in [2.45, 2.75) is 12.6 Å². The van der Waals surface area contributed by atoms with Gasteiger partial charge in [0, 0.05) is 0 Å². The van der Waals surface area contributed by atoms with Crippen LogP contribution in [0.25, 0.3) is 10.9 Å². The van der Waals surface area contributed by atoms with E-state index >= 15 is 0 Å². The summed E-state index contributed by atoms with van der Waals surface area (Å²) in [5.74, 6) is 0.313. The molecule has 0 fully saturated rings. The van der Waals surface area contributed by atoms with Crippen LogP contribution in [0.4, 0.5) is 0 Å². The number of fused-ring (bicyclic) bond motifs is 1. The molecule has 0 aliphatic heterocycles. The zero-order valence-corrected chi connectivity index (χ0v) is 14.4. The van der Waals surface area contributed by atoms with Crippen molar-refractivity contribution in [3.63, 3.8) is 0 Å². The largest absolute Gasteiger partial charge is 0.489 e. The lowest BCUT2D eigenvalue weighted by Crippen LogP contribution is -2.39. The number of nitrogens with zero attached hydrogens (tertiary/aromatic N) is 1. The lowest BCUT2D eigenvalue weighted by atomic mass is 10.2. The predicted molar refractivity (Wildman–Crippen MR) is 96.8 cm³/mol. The molecule has 1 aromatic heterocycles. The van der Waals surface area contributed by atoms with E-state index in [2.05, 4.69) is 4.98 Å². The smallest absolute Gasteiger partial charge is 0.328 e. The lowest BCUT2D eigenvalue weighted by molar-refractivity contribution is 0.0906. The third-order valence-corrected chi connectivity index (χ3v) is 4.43.